The van der Waals surface area contributed by atoms with Crippen LogP contribution in [0, 0.1) is 6.92 Å². The van der Waals surface area contributed by atoms with Crippen LogP contribution in [0.5, 0.6) is 0 Å². The van der Waals surface area contributed by atoms with Crippen LogP contribution >= 0.6 is 0 Å². The van der Waals surface area contributed by atoms with Crippen LogP contribution in [-0.4, -0.2) is 37.0 Å². The number of anilines is 2. The van der Waals surface area contributed by atoms with Gasteiger partial charge in [0.15, 0.2) is 5.82 Å². The molecule has 1 aromatic heterocycles. The fraction of sp³-hybridized carbons (Fsp3) is 0.333. The summed E-state index contributed by atoms with van der Waals surface area (Å²) in [6.07, 6.45) is 0. The van der Waals surface area contributed by atoms with E-state index in [1.54, 1.807) is 13.0 Å². The number of hydrogen-bond acceptors (Lipinski definition) is 7. The number of benzene rings is 1. The van der Waals surface area contributed by atoms with Crippen molar-refractivity contribution in [2.24, 2.45) is 0 Å². The van der Waals surface area contributed by atoms with Crippen molar-refractivity contribution in [3.05, 3.63) is 29.9 Å². The lowest BCUT2D eigenvalue weighted by Crippen LogP contribution is -2.22. The smallest absolute Gasteiger partial charge is 0.242 e. The Balaban J connectivity index is 2.16. The molecule has 0 saturated heterocycles. The topological polar surface area (TPSA) is 114 Å². The van der Waals surface area contributed by atoms with Gasteiger partial charge in [0.1, 0.15) is 0 Å². The number of aryl methyl sites for hydroxylation is 1. The Bertz CT molecular complexity index is 739. The summed E-state index contributed by atoms with van der Waals surface area (Å²) in [6.45, 7) is 2.03. The van der Waals surface area contributed by atoms with E-state index in [1.165, 1.54) is 26.2 Å². The molecule has 0 unspecified atom stereocenters. The number of hydrogen-bond donors (Lipinski definition) is 2. The van der Waals surface area contributed by atoms with Gasteiger partial charge in [-0.2, -0.15) is 4.98 Å². The van der Waals surface area contributed by atoms with Gasteiger partial charge in [-0.05, 0) is 18.2 Å². The van der Waals surface area contributed by atoms with Crippen molar-refractivity contribution in [3.63, 3.8) is 0 Å². The Morgan fingerprint density at radius 3 is 2.62 bits per heavy atom. The van der Waals surface area contributed by atoms with Gasteiger partial charge >= 0.3 is 0 Å². The molecule has 2 rings (SSSR count). The normalized spacial score (nSPS) is 11.8. The van der Waals surface area contributed by atoms with Crippen molar-refractivity contribution in [2.75, 3.05) is 25.1 Å². The SMILES string of the molecule is Cc1nc(CNc2ccc(S(=O)(=O)N(C)C)cc2N)no1. The van der Waals surface area contributed by atoms with Crippen LogP contribution in [0.25, 0.3) is 0 Å². The Morgan fingerprint density at radius 1 is 1.38 bits per heavy atom. The summed E-state index contributed by atoms with van der Waals surface area (Å²) in [5.41, 5.74) is 6.82. The highest BCUT2D eigenvalue weighted by Gasteiger charge is 2.18. The van der Waals surface area contributed by atoms with E-state index in [2.05, 4.69) is 15.5 Å². The highest BCUT2D eigenvalue weighted by Crippen LogP contribution is 2.24. The lowest BCUT2D eigenvalue weighted by Gasteiger charge is -2.13. The average Bonchev–Trinajstić information content (AvgIpc) is 2.82. The van der Waals surface area contributed by atoms with Gasteiger partial charge in [0, 0.05) is 21.0 Å². The predicted molar refractivity (Wildman–Crippen MR) is 78.1 cm³/mol. The molecule has 0 amide bonds. The molecule has 114 valence electrons. The fourth-order valence-electron chi connectivity index (χ4n) is 1.66. The number of nitrogens with two attached hydrogens (primary N) is 1. The Hall–Kier alpha value is -2.13. The van der Waals surface area contributed by atoms with Crippen LogP contribution in [0.4, 0.5) is 11.4 Å². The lowest BCUT2D eigenvalue weighted by molar-refractivity contribution is 0.388. The minimum atomic E-state index is -3.49. The molecule has 1 heterocycles. The maximum absolute atomic E-state index is 12.0. The molecule has 0 fully saturated rings. The first-order valence-corrected chi connectivity index (χ1v) is 7.60. The minimum absolute atomic E-state index is 0.144. The van der Waals surface area contributed by atoms with Crippen molar-refractivity contribution in [1.29, 1.82) is 0 Å². The van der Waals surface area contributed by atoms with Gasteiger partial charge in [-0.15, -0.1) is 0 Å². The highest BCUT2D eigenvalue weighted by molar-refractivity contribution is 7.89. The van der Waals surface area contributed by atoms with Crippen LogP contribution in [0.15, 0.2) is 27.6 Å². The maximum Gasteiger partial charge on any atom is 0.242 e. The summed E-state index contributed by atoms with van der Waals surface area (Å²) in [5, 5.41) is 6.78. The van der Waals surface area contributed by atoms with E-state index in [4.69, 9.17) is 10.3 Å². The number of nitrogens with zero attached hydrogens (tertiary/aromatic N) is 3. The fourth-order valence-corrected chi connectivity index (χ4v) is 2.60. The van der Waals surface area contributed by atoms with Crippen molar-refractivity contribution in [1.82, 2.24) is 14.4 Å². The summed E-state index contributed by atoms with van der Waals surface area (Å²) in [5.74, 6) is 0.976. The van der Waals surface area contributed by atoms with E-state index >= 15 is 0 Å². The van der Waals surface area contributed by atoms with Gasteiger partial charge in [0.05, 0.1) is 22.8 Å². The van der Waals surface area contributed by atoms with Gasteiger partial charge in [0.2, 0.25) is 15.9 Å². The van der Waals surface area contributed by atoms with Crippen molar-refractivity contribution in [2.45, 2.75) is 18.4 Å². The molecule has 0 aliphatic rings. The van der Waals surface area contributed by atoms with E-state index in [-0.39, 0.29) is 4.90 Å². The molecule has 0 aliphatic carbocycles. The van der Waals surface area contributed by atoms with E-state index in [9.17, 15) is 8.42 Å². The van der Waals surface area contributed by atoms with E-state index in [0.717, 1.165) is 4.31 Å². The molecule has 0 spiro atoms. The first kappa shape index (κ1) is 15.3. The maximum atomic E-state index is 12.0. The van der Waals surface area contributed by atoms with Gasteiger partial charge in [-0.1, -0.05) is 5.16 Å². The predicted octanol–water partition coefficient (Wildman–Crippen LogP) is 0.823. The van der Waals surface area contributed by atoms with Crippen molar-refractivity contribution in [3.8, 4) is 0 Å². The molecule has 1 aromatic carbocycles. The average molecular weight is 311 g/mol. The minimum Gasteiger partial charge on any atom is -0.397 e. The number of nitrogen functional groups attached to an aromatic ring is 1. The highest BCUT2D eigenvalue weighted by atomic mass is 32.2. The molecule has 0 bridgehead atoms. The van der Waals surface area contributed by atoms with Gasteiger partial charge in [-0.3, -0.25) is 0 Å². The van der Waals surface area contributed by atoms with Crippen LogP contribution in [-0.2, 0) is 16.6 Å². The molecule has 0 radical (unpaired) electrons. The number of sulfonamides is 1. The van der Waals surface area contributed by atoms with Crippen molar-refractivity contribution >= 4 is 21.4 Å². The van der Waals surface area contributed by atoms with Crippen LogP contribution < -0.4 is 11.1 Å². The zero-order valence-corrected chi connectivity index (χ0v) is 12.8. The summed E-state index contributed by atoms with van der Waals surface area (Å²) >= 11 is 0. The lowest BCUT2D eigenvalue weighted by atomic mass is 10.2. The van der Waals surface area contributed by atoms with Gasteiger partial charge in [-0.25, -0.2) is 12.7 Å². The number of rotatable bonds is 5. The van der Waals surface area contributed by atoms with E-state index in [1.807, 2.05) is 0 Å². The summed E-state index contributed by atoms with van der Waals surface area (Å²) < 4.78 is 30.0. The molecule has 21 heavy (non-hydrogen) atoms. The van der Waals surface area contributed by atoms with Gasteiger partial charge < -0.3 is 15.6 Å². The van der Waals surface area contributed by atoms with Gasteiger partial charge in [0.25, 0.3) is 0 Å². The zero-order chi connectivity index (χ0) is 15.6. The molecule has 0 saturated carbocycles. The monoisotopic (exact) mass is 311 g/mol. The molecular weight excluding hydrogens is 294 g/mol. The third-order valence-corrected chi connectivity index (χ3v) is 4.62. The second-order valence-electron chi connectivity index (χ2n) is 4.62. The second kappa shape index (κ2) is 5.70. The number of nitrogens with one attached hydrogen (secondary N) is 1. The molecule has 0 atom stereocenters. The first-order valence-electron chi connectivity index (χ1n) is 6.16. The zero-order valence-electron chi connectivity index (χ0n) is 12.0. The van der Waals surface area contributed by atoms with E-state index < -0.39 is 10.0 Å². The largest absolute Gasteiger partial charge is 0.397 e. The van der Waals surface area contributed by atoms with Crippen LogP contribution in [0.3, 0.4) is 0 Å². The summed E-state index contributed by atoms with van der Waals surface area (Å²) in [6, 6.07) is 4.52. The number of aromatic nitrogens is 2. The summed E-state index contributed by atoms with van der Waals surface area (Å²) in [4.78, 5) is 4.20. The molecule has 0 aliphatic heterocycles. The third kappa shape index (κ3) is 3.31. The Kier molecular flexibility index (Phi) is 4.14. The van der Waals surface area contributed by atoms with Crippen LogP contribution in [0.2, 0.25) is 0 Å². The van der Waals surface area contributed by atoms with Crippen LogP contribution in [0.1, 0.15) is 11.7 Å². The molecule has 3 N–H and O–H groups in total. The molecule has 8 nitrogen and oxygen atoms in total. The summed E-state index contributed by atoms with van der Waals surface area (Å²) in [7, 11) is -0.557. The van der Waals surface area contributed by atoms with Crippen molar-refractivity contribution < 1.29 is 12.9 Å². The molecule has 9 heteroatoms. The molecule has 2 aromatic rings. The first-order chi connectivity index (χ1) is 9.80. The molecular formula is C12H17N5O3S. The standard InChI is InChI=1S/C12H17N5O3S/c1-8-15-12(16-20-8)7-14-11-5-4-9(6-10(11)13)21(18,19)17(2)3/h4-6,14H,7,13H2,1-3H3. The Labute approximate surface area is 123 Å². The second-order valence-corrected chi connectivity index (χ2v) is 6.77. The quantitative estimate of drug-likeness (QED) is 0.786. The van der Waals surface area contributed by atoms with E-state index in [0.29, 0.717) is 29.6 Å². The Morgan fingerprint density at radius 2 is 2.10 bits per heavy atom. The third-order valence-electron chi connectivity index (χ3n) is 2.81.